The Morgan fingerprint density at radius 2 is 1.90 bits per heavy atom. The number of benzene rings is 1. The molecule has 0 unspecified atom stereocenters. The zero-order valence-electron chi connectivity index (χ0n) is 12.1. The van der Waals surface area contributed by atoms with Crippen LogP contribution in [0.1, 0.15) is 31.2 Å². The van der Waals surface area contributed by atoms with Crippen molar-refractivity contribution in [1.29, 1.82) is 0 Å². The molecular formula is C16H22O4. The predicted octanol–water partition coefficient (Wildman–Crippen LogP) is 3.14. The Labute approximate surface area is 119 Å². The lowest BCUT2D eigenvalue weighted by atomic mass is 9.76. The summed E-state index contributed by atoms with van der Waals surface area (Å²) in [5.41, 5.74) is 1.11. The first-order valence-electron chi connectivity index (χ1n) is 7.09. The SMILES string of the molecule is COc1ccc(C[C@@H]2CCCC[C@H]2C(=O)O)cc1OC. The van der Waals surface area contributed by atoms with Gasteiger partial charge in [-0.2, -0.15) is 0 Å². The van der Waals surface area contributed by atoms with E-state index in [1.807, 2.05) is 18.2 Å². The first kappa shape index (κ1) is 14.7. The Kier molecular flexibility index (Phi) is 4.88. The molecule has 4 heteroatoms. The highest BCUT2D eigenvalue weighted by atomic mass is 16.5. The van der Waals surface area contributed by atoms with Crippen molar-refractivity contribution >= 4 is 5.97 Å². The first-order chi connectivity index (χ1) is 9.65. The highest BCUT2D eigenvalue weighted by Gasteiger charge is 2.30. The lowest BCUT2D eigenvalue weighted by molar-refractivity contribution is -0.144. The second-order valence-corrected chi connectivity index (χ2v) is 5.38. The summed E-state index contributed by atoms with van der Waals surface area (Å²) in [6.07, 6.45) is 4.73. The van der Waals surface area contributed by atoms with Crippen molar-refractivity contribution in [2.45, 2.75) is 32.1 Å². The average Bonchev–Trinajstić information content (AvgIpc) is 2.47. The molecular weight excluding hydrogens is 256 g/mol. The number of hydrogen-bond acceptors (Lipinski definition) is 3. The van der Waals surface area contributed by atoms with Gasteiger partial charge in [0.1, 0.15) is 0 Å². The van der Waals surface area contributed by atoms with Gasteiger partial charge in [0.25, 0.3) is 0 Å². The zero-order valence-corrected chi connectivity index (χ0v) is 12.1. The molecule has 1 fully saturated rings. The van der Waals surface area contributed by atoms with Crippen LogP contribution in [0, 0.1) is 11.8 Å². The van der Waals surface area contributed by atoms with Crippen molar-refractivity contribution in [2.24, 2.45) is 11.8 Å². The van der Waals surface area contributed by atoms with Gasteiger partial charge in [-0.05, 0) is 42.9 Å². The van der Waals surface area contributed by atoms with E-state index in [0.717, 1.165) is 37.7 Å². The molecule has 1 saturated carbocycles. The molecule has 20 heavy (non-hydrogen) atoms. The van der Waals surface area contributed by atoms with E-state index in [2.05, 4.69) is 0 Å². The van der Waals surface area contributed by atoms with E-state index < -0.39 is 5.97 Å². The molecule has 0 aliphatic heterocycles. The second-order valence-electron chi connectivity index (χ2n) is 5.38. The molecule has 0 amide bonds. The van der Waals surface area contributed by atoms with Gasteiger partial charge in [-0.15, -0.1) is 0 Å². The third-order valence-corrected chi connectivity index (χ3v) is 4.17. The first-order valence-corrected chi connectivity index (χ1v) is 7.09. The number of carbonyl (C=O) groups is 1. The molecule has 1 N–H and O–H groups in total. The van der Waals surface area contributed by atoms with Crippen molar-refractivity contribution in [3.63, 3.8) is 0 Å². The molecule has 1 aromatic carbocycles. The smallest absolute Gasteiger partial charge is 0.306 e. The van der Waals surface area contributed by atoms with Gasteiger partial charge in [-0.25, -0.2) is 0 Å². The van der Waals surface area contributed by atoms with Crippen LogP contribution in [0.25, 0.3) is 0 Å². The zero-order chi connectivity index (χ0) is 14.5. The molecule has 0 heterocycles. The summed E-state index contributed by atoms with van der Waals surface area (Å²) in [5.74, 6) is 0.758. The van der Waals surface area contributed by atoms with Crippen molar-refractivity contribution in [1.82, 2.24) is 0 Å². The van der Waals surface area contributed by atoms with Gasteiger partial charge in [0.15, 0.2) is 11.5 Å². The fourth-order valence-corrected chi connectivity index (χ4v) is 3.09. The summed E-state index contributed by atoms with van der Waals surface area (Å²) in [5, 5.41) is 9.32. The highest BCUT2D eigenvalue weighted by molar-refractivity contribution is 5.70. The van der Waals surface area contributed by atoms with Gasteiger partial charge < -0.3 is 14.6 Å². The van der Waals surface area contributed by atoms with Crippen LogP contribution < -0.4 is 9.47 Å². The number of methoxy groups -OCH3 is 2. The molecule has 0 radical (unpaired) electrons. The molecule has 110 valence electrons. The molecule has 0 bridgehead atoms. The number of aliphatic carboxylic acids is 1. The van der Waals surface area contributed by atoms with Gasteiger partial charge in [-0.1, -0.05) is 18.9 Å². The number of rotatable bonds is 5. The maximum atomic E-state index is 11.3. The minimum Gasteiger partial charge on any atom is -0.493 e. The van der Waals surface area contributed by atoms with E-state index in [4.69, 9.17) is 9.47 Å². The maximum absolute atomic E-state index is 11.3. The summed E-state index contributed by atoms with van der Waals surface area (Å²) in [6, 6.07) is 5.83. The Morgan fingerprint density at radius 3 is 2.55 bits per heavy atom. The third-order valence-electron chi connectivity index (χ3n) is 4.17. The third kappa shape index (κ3) is 3.24. The number of ether oxygens (including phenoxy) is 2. The van der Waals surface area contributed by atoms with Crippen LogP contribution in [-0.4, -0.2) is 25.3 Å². The summed E-state index contributed by atoms with van der Waals surface area (Å²) >= 11 is 0. The van der Waals surface area contributed by atoms with Crippen molar-refractivity contribution < 1.29 is 19.4 Å². The summed E-state index contributed by atoms with van der Waals surface area (Å²) in [6.45, 7) is 0. The molecule has 1 aliphatic carbocycles. The van der Waals surface area contributed by atoms with E-state index in [9.17, 15) is 9.90 Å². The van der Waals surface area contributed by atoms with Crippen LogP contribution >= 0.6 is 0 Å². The number of hydrogen-bond donors (Lipinski definition) is 1. The summed E-state index contributed by atoms with van der Waals surface area (Å²) in [4.78, 5) is 11.3. The Balaban J connectivity index is 2.13. The predicted molar refractivity (Wildman–Crippen MR) is 76.3 cm³/mol. The highest BCUT2D eigenvalue weighted by Crippen LogP contribution is 2.35. The topological polar surface area (TPSA) is 55.8 Å². The van der Waals surface area contributed by atoms with Gasteiger partial charge >= 0.3 is 5.97 Å². The molecule has 1 aromatic rings. The number of carboxylic acid groups (broad SMARTS) is 1. The normalized spacial score (nSPS) is 22.3. The van der Waals surface area contributed by atoms with E-state index in [0.29, 0.717) is 11.5 Å². The van der Waals surface area contributed by atoms with Crippen LogP contribution in [-0.2, 0) is 11.2 Å². The molecule has 4 nitrogen and oxygen atoms in total. The summed E-state index contributed by atoms with van der Waals surface area (Å²) in [7, 11) is 3.22. The van der Waals surface area contributed by atoms with Crippen LogP contribution in [0.2, 0.25) is 0 Å². The molecule has 2 rings (SSSR count). The quantitative estimate of drug-likeness (QED) is 0.899. The van der Waals surface area contributed by atoms with E-state index in [1.54, 1.807) is 14.2 Å². The van der Waals surface area contributed by atoms with Crippen LogP contribution in [0.5, 0.6) is 11.5 Å². The minimum absolute atomic E-state index is 0.211. The lowest BCUT2D eigenvalue weighted by Gasteiger charge is -2.28. The van der Waals surface area contributed by atoms with Crippen molar-refractivity contribution in [3.05, 3.63) is 23.8 Å². The van der Waals surface area contributed by atoms with Crippen molar-refractivity contribution in [2.75, 3.05) is 14.2 Å². The van der Waals surface area contributed by atoms with Gasteiger partial charge in [0.05, 0.1) is 20.1 Å². The van der Waals surface area contributed by atoms with Crippen molar-refractivity contribution in [3.8, 4) is 11.5 Å². The Bertz CT molecular complexity index is 470. The van der Waals surface area contributed by atoms with E-state index in [1.165, 1.54) is 0 Å². The largest absolute Gasteiger partial charge is 0.493 e. The fourth-order valence-electron chi connectivity index (χ4n) is 3.09. The number of carboxylic acids is 1. The molecule has 0 aromatic heterocycles. The minimum atomic E-state index is -0.657. The standard InChI is InChI=1S/C16H22O4/c1-19-14-8-7-11(10-15(14)20-2)9-12-5-3-4-6-13(12)16(17)18/h7-8,10,12-13H,3-6,9H2,1-2H3,(H,17,18)/t12-,13+/m0/s1. The maximum Gasteiger partial charge on any atom is 0.306 e. The Morgan fingerprint density at radius 1 is 1.20 bits per heavy atom. The van der Waals surface area contributed by atoms with Gasteiger partial charge in [0.2, 0.25) is 0 Å². The van der Waals surface area contributed by atoms with Crippen LogP contribution in [0.3, 0.4) is 0 Å². The van der Waals surface area contributed by atoms with Crippen LogP contribution in [0.15, 0.2) is 18.2 Å². The average molecular weight is 278 g/mol. The van der Waals surface area contributed by atoms with E-state index >= 15 is 0 Å². The Hall–Kier alpha value is -1.71. The van der Waals surface area contributed by atoms with Gasteiger partial charge in [0, 0.05) is 0 Å². The molecule has 2 atom stereocenters. The van der Waals surface area contributed by atoms with Crippen LogP contribution in [0.4, 0.5) is 0 Å². The fraction of sp³-hybridized carbons (Fsp3) is 0.562. The molecule has 0 saturated heterocycles. The molecule has 1 aliphatic rings. The monoisotopic (exact) mass is 278 g/mol. The second kappa shape index (κ2) is 6.64. The summed E-state index contributed by atoms with van der Waals surface area (Å²) < 4.78 is 10.5. The lowest BCUT2D eigenvalue weighted by Crippen LogP contribution is -2.28. The molecule has 0 spiro atoms. The van der Waals surface area contributed by atoms with E-state index in [-0.39, 0.29) is 11.8 Å². The van der Waals surface area contributed by atoms with Gasteiger partial charge in [-0.3, -0.25) is 4.79 Å².